The molecular formula is C22H14Cl2N2O3S. The van der Waals surface area contributed by atoms with E-state index in [4.69, 9.17) is 40.2 Å². The van der Waals surface area contributed by atoms with Crippen LogP contribution in [-0.4, -0.2) is 24.0 Å². The summed E-state index contributed by atoms with van der Waals surface area (Å²) in [7, 11) is 1.53. The first-order chi connectivity index (χ1) is 14.4. The van der Waals surface area contributed by atoms with Crippen LogP contribution in [0.1, 0.15) is 5.56 Å². The Morgan fingerprint density at radius 2 is 1.83 bits per heavy atom. The van der Waals surface area contributed by atoms with Crippen molar-refractivity contribution in [1.82, 2.24) is 5.32 Å². The van der Waals surface area contributed by atoms with Crippen molar-refractivity contribution in [2.75, 3.05) is 12.0 Å². The molecule has 0 unspecified atom stereocenters. The normalized spacial score (nSPS) is 15.6. The van der Waals surface area contributed by atoms with Crippen LogP contribution in [0, 0.1) is 0 Å². The van der Waals surface area contributed by atoms with E-state index < -0.39 is 11.8 Å². The first-order valence-corrected chi connectivity index (χ1v) is 9.99. The van der Waals surface area contributed by atoms with Crippen LogP contribution >= 0.6 is 35.4 Å². The maximum Gasteiger partial charge on any atom is 0.270 e. The number of methoxy groups -OCH3 is 1. The molecule has 5 nitrogen and oxygen atoms in total. The van der Waals surface area contributed by atoms with Gasteiger partial charge in [0, 0.05) is 10.6 Å². The summed E-state index contributed by atoms with van der Waals surface area (Å²) >= 11 is 17.5. The lowest BCUT2D eigenvalue weighted by molar-refractivity contribution is -0.122. The summed E-state index contributed by atoms with van der Waals surface area (Å²) in [6.07, 6.45) is 1.51. The average molecular weight is 457 g/mol. The number of rotatable bonds is 3. The first-order valence-electron chi connectivity index (χ1n) is 8.83. The van der Waals surface area contributed by atoms with E-state index in [1.165, 1.54) is 24.2 Å². The zero-order valence-corrected chi connectivity index (χ0v) is 17.9. The molecule has 1 saturated heterocycles. The Kier molecular flexibility index (Phi) is 5.47. The Morgan fingerprint density at radius 1 is 1.07 bits per heavy atom. The highest BCUT2D eigenvalue weighted by Crippen LogP contribution is 2.34. The smallest absolute Gasteiger partial charge is 0.270 e. The number of carbonyl (C=O) groups excluding carboxylic acids is 2. The van der Waals surface area contributed by atoms with Gasteiger partial charge in [0.05, 0.1) is 17.8 Å². The number of halogens is 2. The van der Waals surface area contributed by atoms with E-state index in [1.807, 2.05) is 30.3 Å². The monoisotopic (exact) mass is 456 g/mol. The summed E-state index contributed by atoms with van der Waals surface area (Å²) in [5.41, 5.74) is 0.847. The van der Waals surface area contributed by atoms with Gasteiger partial charge < -0.3 is 4.74 Å². The minimum Gasteiger partial charge on any atom is -0.496 e. The second-order valence-corrected chi connectivity index (χ2v) is 7.69. The Hall–Kier alpha value is -2.93. The van der Waals surface area contributed by atoms with Crippen LogP contribution in [0.4, 0.5) is 5.69 Å². The lowest BCUT2D eigenvalue weighted by Gasteiger charge is -2.29. The lowest BCUT2D eigenvalue weighted by atomic mass is 9.99. The summed E-state index contributed by atoms with van der Waals surface area (Å²) < 4.78 is 5.47. The van der Waals surface area contributed by atoms with Gasteiger partial charge in [-0.1, -0.05) is 53.5 Å². The van der Waals surface area contributed by atoms with Gasteiger partial charge in [0.2, 0.25) is 0 Å². The van der Waals surface area contributed by atoms with Crippen molar-refractivity contribution in [3.05, 3.63) is 75.8 Å². The molecule has 150 valence electrons. The molecule has 4 rings (SSSR count). The summed E-state index contributed by atoms with van der Waals surface area (Å²) in [5.74, 6) is -0.657. The van der Waals surface area contributed by atoms with Gasteiger partial charge in [0.1, 0.15) is 11.3 Å². The van der Waals surface area contributed by atoms with E-state index in [1.54, 1.807) is 18.2 Å². The third kappa shape index (κ3) is 3.54. The van der Waals surface area contributed by atoms with E-state index >= 15 is 0 Å². The van der Waals surface area contributed by atoms with Gasteiger partial charge in [0.15, 0.2) is 5.11 Å². The van der Waals surface area contributed by atoms with Gasteiger partial charge in [-0.15, -0.1) is 0 Å². The summed E-state index contributed by atoms with van der Waals surface area (Å²) in [4.78, 5) is 27.1. The number of carbonyl (C=O) groups is 2. The quantitative estimate of drug-likeness (QED) is 0.342. The van der Waals surface area contributed by atoms with Gasteiger partial charge >= 0.3 is 0 Å². The van der Waals surface area contributed by atoms with Crippen molar-refractivity contribution >= 4 is 74.9 Å². The molecule has 30 heavy (non-hydrogen) atoms. The highest BCUT2D eigenvalue weighted by Gasteiger charge is 2.35. The largest absolute Gasteiger partial charge is 0.496 e. The van der Waals surface area contributed by atoms with Crippen LogP contribution < -0.4 is 15.0 Å². The van der Waals surface area contributed by atoms with Crippen molar-refractivity contribution in [3.8, 4) is 5.75 Å². The molecule has 0 aliphatic carbocycles. The minimum absolute atomic E-state index is 0.0590. The first kappa shape index (κ1) is 20.3. The molecule has 1 heterocycles. The van der Waals surface area contributed by atoms with Crippen molar-refractivity contribution < 1.29 is 14.3 Å². The topological polar surface area (TPSA) is 58.6 Å². The van der Waals surface area contributed by atoms with E-state index in [0.29, 0.717) is 22.0 Å². The van der Waals surface area contributed by atoms with Crippen LogP contribution in [-0.2, 0) is 9.59 Å². The number of hydrogen-bond acceptors (Lipinski definition) is 4. The van der Waals surface area contributed by atoms with Crippen molar-refractivity contribution in [2.24, 2.45) is 0 Å². The Morgan fingerprint density at radius 3 is 2.57 bits per heavy atom. The molecule has 1 fully saturated rings. The molecule has 2 amide bonds. The SMILES string of the molecule is COc1ccc2ccccc2c1/C=C1\C(=O)NC(=S)N(c2ccc(Cl)cc2Cl)C1=O. The maximum atomic E-state index is 13.3. The van der Waals surface area contributed by atoms with E-state index in [0.717, 1.165) is 10.8 Å². The zero-order chi connectivity index (χ0) is 21.4. The molecule has 0 saturated carbocycles. The number of benzene rings is 3. The third-order valence-electron chi connectivity index (χ3n) is 4.69. The van der Waals surface area contributed by atoms with Crippen LogP contribution in [0.25, 0.3) is 16.8 Å². The zero-order valence-electron chi connectivity index (χ0n) is 15.6. The van der Waals surface area contributed by atoms with Gasteiger partial charge in [0.25, 0.3) is 11.8 Å². The average Bonchev–Trinajstić information content (AvgIpc) is 2.72. The molecule has 3 aromatic carbocycles. The number of hydrogen-bond donors (Lipinski definition) is 1. The van der Waals surface area contributed by atoms with Gasteiger partial charge in [-0.05, 0) is 53.3 Å². The van der Waals surface area contributed by atoms with E-state index in [2.05, 4.69) is 5.32 Å². The highest BCUT2D eigenvalue weighted by molar-refractivity contribution is 7.80. The fourth-order valence-electron chi connectivity index (χ4n) is 3.29. The van der Waals surface area contributed by atoms with Crippen molar-refractivity contribution in [1.29, 1.82) is 0 Å². The number of amides is 2. The summed E-state index contributed by atoms with van der Waals surface area (Å²) in [5, 5.41) is 4.93. The Labute approximate surface area is 187 Å². The minimum atomic E-state index is -0.596. The molecule has 8 heteroatoms. The Balaban J connectivity index is 1.88. The fraction of sp³-hybridized carbons (Fsp3) is 0.0455. The van der Waals surface area contributed by atoms with Gasteiger partial charge in [-0.3, -0.25) is 19.8 Å². The molecule has 0 aromatic heterocycles. The molecule has 0 radical (unpaired) electrons. The standard InChI is InChI=1S/C22H14Cl2N2O3S/c1-29-19-9-6-12-4-2-3-5-14(12)15(19)11-16-20(27)25-22(30)26(21(16)28)18-8-7-13(23)10-17(18)24/h2-11H,1H3,(H,25,27,30)/b16-11+. The van der Waals surface area contributed by atoms with Crippen LogP contribution in [0.5, 0.6) is 5.75 Å². The maximum absolute atomic E-state index is 13.3. The predicted molar refractivity (Wildman–Crippen MR) is 123 cm³/mol. The molecule has 0 bridgehead atoms. The second kappa shape index (κ2) is 8.07. The number of nitrogens with zero attached hydrogens (tertiary/aromatic N) is 1. The van der Waals surface area contributed by atoms with E-state index in [-0.39, 0.29) is 15.7 Å². The highest BCUT2D eigenvalue weighted by atomic mass is 35.5. The Bertz CT molecular complexity index is 1260. The number of nitrogens with one attached hydrogen (secondary N) is 1. The molecule has 1 aliphatic heterocycles. The number of thiocarbonyl (C=S) groups is 1. The van der Waals surface area contributed by atoms with E-state index in [9.17, 15) is 9.59 Å². The fourth-order valence-corrected chi connectivity index (χ4v) is 4.05. The van der Waals surface area contributed by atoms with Crippen molar-refractivity contribution in [3.63, 3.8) is 0 Å². The summed E-state index contributed by atoms with van der Waals surface area (Å²) in [6.45, 7) is 0. The molecule has 1 aliphatic rings. The van der Waals surface area contributed by atoms with Crippen LogP contribution in [0.2, 0.25) is 10.0 Å². The lowest BCUT2D eigenvalue weighted by Crippen LogP contribution is -2.54. The molecule has 0 atom stereocenters. The molecule has 3 aromatic rings. The number of fused-ring (bicyclic) bond motifs is 1. The molecule has 1 N–H and O–H groups in total. The molecule has 0 spiro atoms. The third-order valence-corrected chi connectivity index (χ3v) is 5.51. The van der Waals surface area contributed by atoms with Crippen LogP contribution in [0.15, 0.2) is 60.2 Å². The number of anilines is 1. The van der Waals surface area contributed by atoms with Crippen LogP contribution in [0.3, 0.4) is 0 Å². The second-order valence-electron chi connectivity index (χ2n) is 6.46. The number of ether oxygens (including phenoxy) is 1. The summed E-state index contributed by atoms with van der Waals surface area (Å²) in [6, 6.07) is 16.0. The van der Waals surface area contributed by atoms with Gasteiger partial charge in [-0.25, -0.2) is 0 Å². The van der Waals surface area contributed by atoms with Crippen molar-refractivity contribution in [2.45, 2.75) is 0 Å². The molecular weight excluding hydrogens is 443 g/mol. The van der Waals surface area contributed by atoms with Gasteiger partial charge in [-0.2, -0.15) is 0 Å². The predicted octanol–water partition coefficient (Wildman–Crippen LogP) is 4.99.